The van der Waals surface area contributed by atoms with Crippen molar-refractivity contribution in [2.24, 2.45) is 0 Å². The second-order valence-corrected chi connectivity index (χ2v) is 6.14. The Bertz CT molecular complexity index is 753. The van der Waals surface area contributed by atoms with E-state index in [4.69, 9.17) is 4.74 Å². The molecule has 0 saturated carbocycles. The van der Waals surface area contributed by atoms with E-state index in [1.807, 2.05) is 6.07 Å². The number of para-hydroxylation sites is 1. The predicted octanol–water partition coefficient (Wildman–Crippen LogP) is 4.41. The molecule has 0 radical (unpaired) electrons. The van der Waals surface area contributed by atoms with E-state index in [1.54, 1.807) is 0 Å². The largest absolute Gasteiger partial charge is 0.488 e. The Balaban J connectivity index is 1.60. The number of aromatic nitrogens is 1. The molecule has 1 aliphatic heterocycles. The minimum atomic E-state index is 0.228. The van der Waals surface area contributed by atoms with Crippen LogP contribution in [0.2, 0.25) is 0 Å². The third-order valence-electron chi connectivity index (χ3n) is 3.85. The molecule has 1 aromatic heterocycles. The number of halogens is 1. The van der Waals surface area contributed by atoms with Gasteiger partial charge in [-0.2, -0.15) is 0 Å². The zero-order chi connectivity index (χ0) is 13.5. The maximum atomic E-state index is 6.02. The number of ether oxygens (including phenoxy) is 1. The summed E-state index contributed by atoms with van der Waals surface area (Å²) in [5, 5.41) is 1.26. The molecule has 1 unspecified atom stereocenters. The van der Waals surface area contributed by atoms with Crippen LogP contribution in [0.1, 0.15) is 5.56 Å². The number of hydrogen-bond donors (Lipinski definition) is 0. The quantitative estimate of drug-likeness (QED) is 0.680. The van der Waals surface area contributed by atoms with Crippen LogP contribution in [0.5, 0.6) is 5.75 Å². The van der Waals surface area contributed by atoms with Gasteiger partial charge >= 0.3 is 0 Å². The van der Waals surface area contributed by atoms with Crippen molar-refractivity contribution in [3.63, 3.8) is 0 Å². The lowest BCUT2D eigenvalue weighted by Crippen LogP contribution is -2.20. The second-order valence-electron chi connectivity index (χ2n) is 5.22. The van der Waals surface area contributed by atoms with Crippen LogP contribution in [-0.2, 0) is 13.0 Å². The van der Waals surface area contributed by atoms with Crippen molar-refractivity contribution >= 4 is 26.8 Å². The predicted molar refractivity (Wildman–Crippen MR) is 84.2 cm³/mol. The summed E-state index contributed by atoms with van der Waals surface area (Å²) < 4.78 is 9.42. The van der Waals surface area contributed by atoms with Crippen molar-refractivity contribution < 1.29 is 4.74 Å². The van der Waals surface area contributed by atoms with Gasteiger partial charge in [0.05, 0.1) is 6.54 Å². The van der Waals surface area contributed by atoms with Gasteiger partial charge in [-0.25, -0.2) is 0 Å². The third-order valence-corrected chi connectivity index (χ3v) is 4.34. The summed E-state index contributed by atoms with van der Waals surface area (Å²) in [5.41, 5.74) is 2.57. The molecule has 3 heteroatoms. The molecule has 2 aromatic carbocycles. The van der Waals surface area contributed by atoms with Crippen molar-refractivity contribution in [1.29, 1.82) is 0 Å². The molecule has 2 heterocycles. The summed E-state index contributed by atoms with van der Waals surface area (Å²) >= 11 is 3.52. The Hall–Kier alpha value is -1.74. The Kier molecular flexibility index (Phi) is 2.81. The van der Waals surface area contributed by atoms with Gasteiger partial charge < -0.3 is 9.30 Å². The van der Waals surface area contributed by atoms with Gasteiger partial charge in [0.1, 0.15) is 11.9 Å². The summed E-state index contributed by atoms with van der Waals surface area (Å²) in [4.78, 5) is 0. The van der Waals surface area contributed by atoms with E-state index in [9.17, 15) is 0 Å². The van der Waals surface area contributed by atoms with Crippen LogP contribution >= 0.6 is 15.9 Å². The fourth-order valence-electron chi connectivity index (χ4n) is 2.91. The van der Waals surface area contributed by atoms with Crippen LogP contribution in [0.3, 0.4) is 0 Å². The van der Waals surface area contributed by atoms with Crippen LogP contribution in [0.25, 0.3) is 10.9 Å². The van der Waals surface area contributed by atoms with Gasteiger partial charge in [0.15, 0.2) is 0 Å². The molecule has 0 amide bonds. The SMILES string of the molecule is Brc1ccc2c(ccn2CC2Cc3ccccc3O2)c1. The number of benzene rings is 2. The summed E-state index contributed by atoms with van der Waals surface area (Å²) in [5.74, 6) is 1.04. The minimum absolute atomic E-state index is 0.228. The first-order valence-corrected chi connectivity index (χ1v) is 7.58. The van der Waals surface area contributed by atoms with Crippen molar-refractivity contribution in [2.75, 3.05) is 0 Å². The van der Waals surface area contributed by atoms with E-state index in [0.29, 0.717) is 0 Å². The van der Waals surface area contributed by atoms with Gasteiger partial charge in [-0.1, -0.05) is 34.1 Å². The van der Waals surface area contributed by atoms with E-state index in [2.05, 4.69) is 69.2 Å². The molecule has 1 aliphatic rings. The normalized spacial score (nSPS) is 17.1. The lowest BCUT2D eigenvalue weighted by Gasteiger charge is -2.13. The molecule has 1 atom stereocenters. The standard InChI is InChI=1S/C17H14BrNO/c18-14-5-6-16-12(9-14)7-8-19(16)11-15-10-13-3-1-2-4-17(13)20-15/h1-9,15H,10-11H2. The molecule has 0 saturated heterocycles. The minimum Gasteiger partial charge on any atom is -0.488 e. The number of nitrogens with zero attached hydrogens (tertiary/aromatic N) is 1. The Morgan fingerprint density at radius 2 is 2.05 bits per heavy atom. The van der Waals surface area contributed by atoms with E-state index in [-0.39, 0.29) is 6.10 Å². The van der Waals surface area contributed by atoms with Gasteiger partial charge in [-0.3, -0.25) is 0 Å². The van der Waals surface area contributed by atoms with Crippen molar-refractivity contribution in [3.05, 3.63) is 64.8 Å². The number of rotatable bonds is 2. The van der Waals surface area contributed by atoms with Crippen molar-refractivity contribution in [1.82, 2.24) is 4.57 Å². The second kappa shape index (κ2) is 4.67. The molecule has 4 rings (SSSR count). The molecule has 20 heavy (non-hydrogen) atoms. The van der Waals surface area contributed by atoms with E-state index in [0.717, 1.165) is 23.2 Å². The number of hydrogen-bond acceptors (Lipinski definition) is 1. The average molecular weight is 328 g/mol. The van der Waals surface area contributed by atoms with Crippen molar-refractivity contribution in [3.8, 4) is 5.75 Å². The molecule has 100 valence electrons. The fourth-order valence-corrected chi connectivity index (χ4v) is 3.28. The Labute approximate surface area is 126 Å². The molecule has 3 aromatic rings. The zero-order valence-electron chi connectivity index (χ0n) is 10.9. The van der Waals surface area contributed by atoms with Crippen LogP contribution in [0.4, 0.5) is 0 Å². The highest BCUT2D eigenvalue weighted by atomic mass is 79.9. The first-order valence-electron chi connectivity index (χ1n) is 6.78. The smallest absolute Gasteiger partial charge is 0.123 e. The lowest BCUT2D eigenvalue weighted by molar-refractivity contribution is 0.211. The molecular formula is C17H14BrNO. The maximum absolute atomic E-state index is 6.02. The van der Waals surface area contributed by atoms with Crippen LogP contribution < -0.4 is 4.74 Å². The monoisotopic (exact) mass is 327 g/mol. The highest BCUT2D eigenvalue weighted by molar-refractivity contribution is 9.10. The lowest BCUT2D eigenvalue weighted by atomic mass is 10.1. The summed E-state index contributed by atoms with van der Waals surface area (Å²) in [6.45, 7) is 0.889. The van der Waals surface area contributed by atoms with Gasteiger partial charge in [0, 0.05) is 28.0 Å². The van der Waals surface area contributed by atoms with Gasteiger partial charge in [-0.15, -0.1) is 0 Å². The summed E-state index contributed by atoms with van der Waals surface area (Å²) in [7, 11) is 0. The highest BCUT2D eigenvalue weighted by Crippen LogP contribution is 2.29. The van der Waals surface area contributed by atoms with Gasteiger partial charge in [0.2, 0.25) is 0 Å². The highest BCUT2D eigenvalue weighted by Gasteiger charge is 2.22. The van der Waals surface area contributed by atoms with E-state index in [1.165, 1.54) is 16.5 Å². The van der Waals surface area contributed by atoms with Gasteiger partial charge in [-0.05, 0) is 35.9 Å². The topological polar surface area (TPSA) is 14.2 Å². The molecule has 2 nitrogen and oxygen atoms in total. The van der Waals surface area contributed by atoms with Crippen LogP contribution in [-0.4, -0.2) is 10.7 Å². The molecular weight excluding hydrogens is 314 g/mol. The summed E-state index contributed by atoms with van der Waals surface area (Å²) in [6.07, 6.45) is 3.36. The Morgan fingerprint density at radius 1 is 1.15 bits per heavy atom. The Morgan fingerprint density at radius 3 is 2.95 bits per heavy atom. The van der Waals surface area contributed by atoms with E-state index < -0.39 is 0 Å². The fraction of sp³-hybridized carbons (Fsp3) is 0.176. The first kappa shape index (κ1) is 12.0. The molecule has 0 aliphatic carbocycles. The number of fused-ring (bicyclic) bond motifs is 2. The van der Waals surface area contributed by atoms with Crippen molar-refractivity contribution in [2.45, 2.75) is 19.1 Å². The molecule has 0 N–H and O–H groups in total. The molecule has 0 fully saturated rings. The third kappa shape index (κ3) is 2.02. The van der Waals surface area contributed by atoms with E-state index >= 15 is 0 Å². The maximum Gasteiger partial charge on any atom is 0.123 e. The molecule has 0 bridgehead atoms. The van der Waals surface area contributed by atoms with Crippen LogP contribution in [0, 0.1) is 0 Å². The van der Waals surface area contributed by atoms with Crippen LogP contribution in [0.15, 0.2) is 59.2 Å². The van der Waals surface area contributed by atoms with Gasteiger partial charge in [0.25, 0.3) is 0 Å². The first-order chi connectivity index (χ1) is 9.79. The zero-order valence-corrected chi connectivity index (χ0v) is 12.5. The average Bonchev–Trinajstić information content (AvgIpc) is 3.02. The summed E-state index contributed by atoms with van der Waals surface area (Å²) in [6, 6.07) is 16.9. The molecule has 0 spiro atoms.